The van der Waals surface area contributed by atoms with Crippen LogP contribution in [0.25, 0.3) is 10.7 Å². The SMILES string of the molecule is CC(C)(C)OC(=O)N1CCCC(C(=O)Nc2ccccc2Cc2nc(-c3cccs3)no2)C1. The van der Waals surface area contributed by atoms with Crippen molar-refractivity contribution in [2.24, 2.45) is 5.92 Å². The topological polar surface area (TPSA) is 97.6 Å². The van der Waals surface area contributed by atoms with Gasteiger partial charge in [-0.2, -0.15) is 4.98 Å². The smallest absolute Gasteiger partial charge is 0.410 e. The van der Waals surface area contributed by atoms with Crippen LogP contribution in [0.3, 0.4) is 0 Å². The Morgan fingerprint density at radius 2 is 2.06 bits per heavy atom. The molecule has 1 fully saturated rings. The molecule has 0 bridgehead atoms. The molecule has 33 heavy (non-hydrogen) atoms. The van der Waals surface area contributed by atoms with Crippen molar-refractivity contribution in [3.05, 3.63) is 53.2 Å². The van der Waals surface area contributed by atoms with Crippen LogP contribution in [0.4, 0.5) is 10.5 Å². The van der Waals surface area contributed by atoms with E-state index in [0.29, 0.717) is 36.9 Å². The minimum atomic E-state index is -0.566. The molecule has 1 unspecified atom stereocenters. The first-order chi connectivity index (χ1) is 15.8. The van der Waals surface area contributed by atoms with E-state index in [-0.39, 0.29) is 17.9 Å². The van der Waals surface area contributed by atoms with Crippen LogP contribution in [0.1, 0.15) is 45.1 Å². The average Bonchev–Trinajstić information content (AvgIpc) is 3.46. The van der Waals surface area contributed by atoms with Crippen molar-refractivity contribution in [1.82, 2.24) is 15.0 Å². The Labute approximate surface area is 196 Å². The molecule has 2 aromatic heterocycles. The predicted octanol–water partition coefficient (Wildman–Crippen LogP) is 4.97. The monoisotopic (exact) mass is 468 g/mol. The van der Waals surface area contributed by atoms with Crippen molar-refractivity contribution in [2.45, 2.75) is 45.6 Å². The molecule has 3 aromatic rings. The molecule has 0 aliphatic carbocycles. The number of aromatic nitrogens is 2. The first kappa shape index (κ1) is 23.0. The average molecular weight is 469 g/mol. The van der Waals surface area contributed by atoms with Gasteiger partial charge >= 0.3 is 6.09 Å². The summed E-state index contributed by atoms with van der Waals surface area (Å²) < 4.78 is 10.9. The first-order valence-corrected chi connectivity index (χ1v) is 11.9. The number of anilines is 1. The molecule has 0 saturated carbocycles. The molecule has 1 saturated heterocycles. The Hall–Kier alpha value is -3.20. The Morgan fingerprint density at radius 1 is 1.24 bits per heavy atom. The molecule has 9 heteroatoms. The highest BCUT2D eigenvalue weighted by Gasteiger charge is 2.31. The van der Waals surface area contributed by atoms with Crippen molar-refractivity contribution in [1.29, 1.82) is 0 Å². The van der Waals surface area contributed by atoms with Crippen LogP contribution in [0.2, 0.25) is 0 Å². The van der Waals surface area contributed by atoms with E-state index in [4.69, 9.17) is 9.26 Å². The quantitative estimate of drug-likeness (QED) is 0.567. The van der Waals surface area contributed by atoms with Gasteiger partial charge in [-0.1, -0.05) is 29.4 Å². The van der Waals surface area contributed by atoms with Gasteiger partial charge in [0.1, 0.15) is 5.60 Å². The summed E-state index contributed by atoms with van der Waals surface area (Å²) in [6.45, 7) is 6.45. The van der Waals surface area contributed by atoms with Crippen LogP contribution in [0.15, 0.2) is 46.3 Å². The van der Waals surface area contributed by atoms with Crippen LogP contribution in [0.5, 0.6) is 0 Å². The third-order valence-corrected chi connectivity index (χ3v) is 6.14. The minimum absolute atomic E-state index is 0.111. The summed E-state index contributed by atoms with van der Waals surface area (Å²) in [7, 11) is 0. The van der Waals surface area contributed by atoms with E-state index >= 15 is 0 Å². The number of carbonyl (C=O) groups is 2. The number of thiophene rings is 1. The molecule has 1 N–H and O–H groups in total. The summed E-state index contributed by atoms with van der Waals surface area (Å²) in [5.41, 5.74) is 1.02. The number of para-hydroxylation sites is 1. The minimum Gasteiger partial charge on any atom is -0.444 e. The molecule has 8 nitrogen and oxygen atoms in total. The zero-order valence-corrected chi connectivity index (χ0v) is 19.9. The van der Waals surface area contributed by atoms with Crippen molar-refractivity contribution >= 4 is 29.0 Å². The van der Waals surface area contributed by atoms with Gasteiger partial charge in [0.05, 0.1) is 17.2 Å². The number of likely N-dealkylation sites (tertiary alicyclic amines) is 1. The second kappa shape index (κ2) is 9.74. The number of piperidine rings is 1. The van der Waals surface area contributed by atoms with Gasteiger partial charge in [0.25, 0.3) is 0 Å². The Morgan fingerprint density at radius 3 is 2.82 bits per heavy atom. The molecule has 0 spiro atoms. The number of hydrogen-bond donors (Lipinski definition) is 1. The molecule has 0 radical (unpaired) electrons. The number of carbonyl (C=O) groups excluding carboxylic acids is 2. The summed E-state index contributed by atoms with van der Waals surface area (Å²) in [5, 5.41) is 9.06. The fourth-order valence-corrected chi connectivity index (χ4v) is 4.36. The largest absolute Gasteiger partial charge is 0.444 e. The van der Waals surface area contributed by atoms with Crippen LogP contribution in [-0.4, -0.2) is 45.7 Å². The zero-order valence-electron chi connectivity index (χ0n) is 19.0. The number of hydrogen-bond acceptors (Lipinski definition) is 7. The molecule has 174 valence electrons. The number of rotatable bonds is 5. The molecular formula is C24H28N4O4S. The van der Waals surface area contributed by atoms with Gasteiger partial charge in [0.15, 0.2) is 0 Å². The third kappa shape index (κ3) is 5.98. The van der Waals surface area contributed by atoms with Crippen LogP contribution >= 0.6 is 11.3 Å². The standard InChI is InChI=1S/C24H28N4O4S/c1-24(2,3)31-23(30)28-12-6-9-17(15-28)22(29)25-18-10-5-4-8-16(18)14-20-26-21(27-32-20)19-11-7-13-33-19/h4-5,7-8,10-11,13,17H,6,9,12,14-15H2,1-3H3,(H,25,29). The van der Waals surface area contributed by atoms with E-state index in [9.17, 15) is 9.59 Å². The molecule has 1 aliphatic heterocycles. The lowest BCUT2D eigenvalue weighted by Gasteiger charge is -2.33. The fraction of sp³-hybridized carbons (Fsp3) is 0.417. The molecule has 4 rings (SSSR count). The van der Waals surface area contributed by atoms with Gasteiger partial charge in [0.2, 0.25) is 17.6 Å². The van der Waals surface area contributed by atoms with E-state index in [2.05, 4.69) is 15.5 Å². The maximum Gasteiger partial charge on any atom is 0.410 e. The summed E-state index contributed by atoms with van der Waals surface area (Å²) in [4.78, 5) is 32.5. The number of benzene rings is 1. The molecule has 3 heterocycles. The lowest BCUT2D eigenvalue weighted by Crippen LogP contribution is -2.45. The van der Waals surface area contributed by atoms with E-state index in [1.165, 1.54) is 0 Å². The second-order valence-corrected chi connectivity index (χ2v) is 10.0. The van der Waals surface area contributed by atoms with Gasteiger partial charge in [-0.25, -0.2) is 4.79 Å². The summed E-state index contributed by atoms with van der Waals surface area (Å²) in [6.07, 6.45) is 1.51. The number of nitrogens with zero attached hydrogens (tertiary/aromatic N) is 3. The number of ether oxygens (including phenoxy) is 1. The summed E-state index contributed by atoms with van der Waals surface area (Å²) in [6, 6.07) is 11.5. The fourth-order valence-electron chi connectivity index (χ4n) is 3.71. The summed E-state index contributed by atoms with van der Waals surface area (Å²) >= 11 is 1.55. The van der Waals surface area contributed by atoms with Crippen molar-refractivity contribution < 1.29 is 18.8 Å². The molecule has 2 amide bonds. The summed E-state index contributed by atoms with van der Waals surface area (Å²) in [5.74, 6) is 0.633. The molecule has 1 atom stereocenters. The first-order valence-electron chi connectivity index (χ1n) is 11.0. The normalized spacial score (nSPS) is 16.5. The second-order valence-electron chi connectivity index (χ2n) is 9.08. The Kier molecular flexibility index (Phi) is 6.78. The van der Waals surface area contributed by atoms with Crippen molar-refractivity contribution in [3.63, 3.8) is 0 Å². The van der Waals surface area contributed by atoms with Crippen LogP contribution in [-0.2, 0) is 16.0 Å². The number of amides is 2. The van der Waals surface area contributed by atoms with Crippen molar-refractivity contribution in [3.8, 4) is 10.7 Å². The highest BCUT2D eigenvalue weighted by Crippen LogP contribution is 2.25. The van der Waals surface area contributed by atoms with Gasteiger partial charge in [-0.15, -0.1) is 11.3 Å². The van der Waals surface area contributed by atoms with E-state index in [0.717, 1.165) is 23.3 Å². The number of nitrogens with one attached hydrogen (secondary N) is 1. The van der Waals surface area contributed by atoms with Crippen molar-refractivity contribution in [2.75, 3.05) is 18.4 Å². The van der Waals surface area contributed by atoms with Crippen LogP contribution < -0.4 is 5.32 Å². The Balaban J connectivity index is 1.41. The van der Waals surface area contributed by atoms with Gasteiger partial charge in [-0.05, 0) is 56.7 Å². The van der Waals surface area contributed by atoms with Gasteiger partial charge in [0, 0.05) is 18.8 Å². The Bertz CT molecular complexity index is 1100. The maximum absolute atomic E-state index is 13.0. The predicted molar refractivity (Wildman–Crippen MR) is 126 cm³/mol. The lowest BCUT2D eigenvalue weighted by atomic mass is 9.97. The third-order valence-electron chi connectivity index (χ3n) is 5.27. The molecule has 1 aliphatic rings. The van der Waals surface area contributed by atoms with E-state index < -0.39 is 5.60 Å². The maximum atomic E-state index is 13.0. The molecular weight excluding hydrogens is 440 g/mol. The highest BCUT2D eigenvalue weighted by atomic mass is 32.1. The van der Waals surface area contributed by atoms with Gasteiger partial charge in [-0.3, -0.25) is 4.79 Å². The molecule has 1 aromatic carbocycles. The highest BCUT2D eigenvalue weighted by molar-refractivity contribution is 7.13. The zero-order chi connectivity index (χ0) is 23.4. The van der Waals surface area contributed by atoms with E-state index in [1.54, 1.807) is 16.2 Å². The van der Waals surface area contributed by atoms with Crippen LogP contribution in [0, 0.1) is 5.92 Å². The van der Waals surface area contributed by atoms with E-state index in [1.807, 2.05) is 62.5 Å². The lowest BCUT2D eigenvalue weighted by molar-refractivity contribution is -0.121. The van der Waals surface area contributed by atoms with Gasteiger partial charge < -0.3 is 19.5 Å².